The number of hydrogen-bond donors (Lipinski definition) is 0. The zero-order valence-corrected chi connectivity index (χ0v) is 13.5. The second kappa shape index (κ2) is 7.45. The van der Waals surface area contributed by atoms with Gasteiger partial charge in [-0.05, 0) is 29.8 Å². The van der Waals surface area contributed by atoms with Crippen LogP contribution >= 0.6 is 0 Å². The van der Waals surface area contributed by atoms with Gasteiger partial charge in [0.25, 0.3) is 0 Å². The fourth-order valence-corrected chi connectivity index (χ4v) is 1.43. The van der Waals surface area contributed by atoms with Crippen LogP contribution in [0.5, 0.6) is 5.75 Å². The Morgan fingerprint density at radius 3 is 2.05 bits per heavy atom. The Labute approximate surface area is 151 Å². The van der Waals surface area contributed by atoms with Gasteiger partial charge >= 0.3 is 58.4 Å². The summed E-state index contributed by atoms with van der Waals surface area (Å²) in [5.41, 5.74) is 0.292. The molecule has 0 aliphatic rings. The average Bonchev–Trinajstić information content (AvgIpc) is 2.37. The van der Waals surface area contributed by atoms with Crippen LogP contribution in [0.25, 0.3) is 0 Å². The molecule has 0 radical (unpaired) electrons. The quantitative estimate of drug-likeness (QED) is 0.723. The Morgan fingerprint density at radius 1 is 0.947 bits per heavy atom. The van der Waals surface area contributed by atoms with Crippen molar-refractivity contribution < 1.29 is 69.1 Å². The van der Waals surface area contributed by atoms with Gasteiger partial charge in [-0.15, -0.1) is 5.46 Å². The van der Waals surface area contributed by atoms with E-state index in [2.05, 4.69) is 4.98 Å². The van der Waals surface area contributed by atoms with Gasteiger partial charge in [-0.3, -0.25) is 4.98 Å². The summed E-state index contributed by atoms with van der Waals surface area (Å²) in [5.74, 6) is 0.413. The smallest absolute Gasteiger partial charge is 0.489 e. The zero-order chi connectivity index (χ0) is 13.0. The van der Waals surface area contributed by atoms with E-state index in [0.717, 1.165) is 17.7 Å². The SMILES string of the molecule is F[B-](F)(F)c1ccc(OCc2ccncc2)cc1.[K+]. The van der Waals surface area contributed by atoms with Gasteiger partial charge in [-0.1, -0.05) is 12.1 Å². The second-order valence-electron chi connectivity index (χ2n) is 3.79. The maximum atomic E-state index is 12.4. The van der Waals surface area contributed by atoms with E-state index < -0.39 is 12.4 Å². The van der Waals surface area contributed by atoms with Crippen LogP contribution in [0.1, 0.15) is 5.56 Å². The van der Waals surface area contributed by atoms with E-state index in [1.807, 2.05) is 0 Å². The summed E-state index contributed by atoms with van der Waals surface area (Å²) in [4.78, 5) is 3.86. The Balaban J connectivity index is 0.00000180. The summed E-state index contributed by atoms with van der Waals surface area (Å²) in [6, 6.07) is 8.28. The van der Waals surface area contributed by atoms with Crippen LogP contribution < -0.4 is 61.6 Å². The van der Waals surface area contributed by atoms with Crippen molar-refractivity contribution in [3.8, 4) is 5.75 Å². The standard InChI is InChI=1S/C12H10BF3NO.K/c14-13(15,16)11-1-3-12(4-2-11)18-9-10-5-7-17-8-6-10;/h1-8H,9H2;/q-1;+1. The van der Waals surface area contributed by atoms with Crippen LogP contribution in [-0.4, -0.2) is 12.0 Å². The maximum absolute atomic E-state index is 12.4. The predicted molar refractivity (Wildman–Crippen MR) is 63.7 cm³/mol. The number of rotatable bonds is 4. The summed E-state index contributed by atoms with van der Waals surface area (Å²) in [6.45, 7) is -4.64. The predicted octanol–water partition coefficient (Wildman–Crippen LogP) is -0.281. The van der Waals surface area contributed by atoms with E-state index in [4.69, 9.17) is 4.74 Å². The van der Waals surface area contributed by atoms with Crippen molar-refractivity contribution in [1.82, 2.24) is 4.98 Å². The fourth-order valence-electron chi connectivity index (χ4n) is 1.43. The molecule has 0 fully saturated rings. The first-order valence-electron chi connectivity index (χ1n) is 5.37. The van der Waals surface area contributed by atoms with E-state index in [1.165, 1.54) is 12.1 Å². The first kappa shape index (κ1) is 16.7. The fraction of sp³-hybridized carbons (Fsp3) is 0.0833. The number of hydrogen-bond acceptors (Lipinski definition) is 2. The van der Waals surface area contributed by atoms with E-state index in [1.54, 1.807) is 24.5 Å². The van der Waals surface area contributed by atoms with Gasteiger partial charge in [0.2, 0.25) is 0 Å². The molecule has 0 amide bonds. The first-order chi connectivity index (χ1) is 8.55. The molecule has 1 aromatic heterocycles. The molecule has 0 bridgehead atoms. The van der Waals surface area contributed by atoms with Crippen LogP contribution in [-0.2, 0) is 6.61 Å². The molecule has 19 heavy (non-hydrogen) atoms. The van der Waals surface area contributed by atoms with Crippen LogP contribution in [0.15, 0.2) is 48.8 Å². The molecular formula is C12H10BF3KNO. The first-order valence-corrected chi connectivity index (χ1v) is 5.37. The van der Waals surface area contributed by atoms with Gasteiger partial charge in [0.1, 0.15) is 12.4 Å². The second-order valence-corrected chi connectivity index (χ2v) is 3.79. The van der Waals surface area contributed by atoms with Crippen molar-refractivity contribution in [2.45, 2.75) is 6.61 Å². The summed E-state index contributed by atoms with van der Waals surface area (Å²) >= 11 is 0. The Morgan fingerprint density at radius 2 is 1.53 bits per heavy atom. The van der Waals surface area contributed by atoms with E-state index in [-0.39, 0.29) is 51.4 Å². The van der Waals surface area contributed by atoms with E-state index in [0.29, 0.717) is 12.4 Å². The molecule has 1 heterocycles. The average molecular weight is 291 g/mol. The van der Waals surface area contributed by atoms with Gasteiger partial charge in [0.05, 0.1) is 0 Å². The molecule has 0 saturated carbocycles. The minimum Gasteiger partial charge on any atom is -0.489 e. The van der Waals surface area contributed by atoms with Crippen molar-refractivity contribution in [3.05, 3.63) is 54.4 Å². The van der Waals surface area contributed by atoms with Gasteiger partial charge in [-0.25, -0.2) is 0 Å². The minimum absolute atomic E-state index is 0. The number of aromatic nitrogens is 1. The van der Waals surface area contributed by atoms with Crippen LogP contribution in [0.2, 0.25) is 0 Å². The van der Waals surface area contributed by atoms with Crippen molar-refractivity contribution in [2.75, 3.05) is 0 Å². The minimum atomic E-state index is -4.94. The summed E-state index contributed by atoms with van der Waals surface area (Å²) < 4.78 is 42.5. The molecule has 2 nitrogen and oxygen atoms in total. The molecule has 0 aliphatic carbocycles. The third-order valence-corrected chi connectivity index (χ3v) is 2.41. The molecule has 0 atom stereocenters. The molecule has 94 valence electrons. The third kappa shape index (κ3) is 5.27. The molecule has 0 saturated heterocycles. The van der Waals surface area contributed by atoms with Crippen LogP contribution in [0.3, 0.4) is 0 Å². The molecule has 2 rings (SSSR count). The Bertz CT molecular complexity index is 505. The van der Waals surface area contributed by atoms with Gasteiger partial charge in [0, 0.05) is 12.4 Å². The summed E-state index contributed by atoms with van der Waals surface area (Å²) in [5, 5.41) is 0. The van der Waals surface area contributed by atoms with E-state index in [9.17, 15) is 12.9 Å². The number of ether oxygens (including phenoxy) is 1. The molecule has 0 unspecified atom stereocenters. The van der Waals surface area contributed by atoms with Gasteiger partial charge in [0.15, 0.2) is 0 Å². The Hall–Kier alpha value is -0.339. The number of nitrogens with zero attached hydrogens (tertiary/aromatic N) is 1. The van der Waals surface area contributed by atoms with Gasteiger partial charge < -0.3 is 17.7 Å². The van der Waals surface area contributed by atoms with Crippen molar-refractivity contribution in [3.63, 3.8) is 0 Å². The molecule has 0 aliphatic heterocycles. The monoisotopic (exact) mass is 291 g/mol. The van der Waals surface area contributed by atoms with Crippen LogP contribution in [0, 0.1) is 0 Å². The molecule has 0 spiro atoms. The summed E-state index contributed by atoms with van der Waals surface area (Å²) in [6.07, 6.45) is 3.27. The largest absolute Gasteiger partial charge is 1.00 e. The third-order valence-electron chi connectivity index (χ3n) is 2.41. The molecular weight excluding hydrogens is 281 g/mol. The normalized spacial score (nSPS) is 10.7. The van der Waals surface area contributed by atoms with E-state index >= 15 is 0 Å². The molecule has 2 aromatic rings. The van der Waals surface area contributed by atoms with Crippen LogP contribution in [0.4, 0.5) is 12.9 Å². The number of halogens is 3. The topological polar surface area (TPSA) is 22.1 Å². The molecule has 0 N–H and O–H groups in total. The molecule has 1 aromatic carbocycles. The van der Waals surface area contributed by atoms with Crippen molar-refractivity contribution in [1.29, 1.82) is 0 Å². The number of pyridine rings is 1. The Kier molecular flexibility index (Phi) is 6.55. The molecule has 7 heteroatoms. The van der Waals surface area contributed by atoms with Crippen molar-refractivity contribution in [2.24, 2.45) is 0 Å². The maximum Gasteiger partial charge on any atom is 1.00 e. The number of benzene rings is 1. The zero-order valence-electron chi connectivity index (χ0n) is 10.4. The van der Waals surface area contributed by atoms with Crippen molar-refractivity contribution >= 4 is 12.4 Å². The van der Waals surface area contributed by atoms with Gasteiger partial charge in [-0.2, -0.15) is 0 Å². The summed E-state index contributed by atoms with van der Waals surface area (Å²) in [7, 11) is 0.